The normalized spacial score (nSPS) is 11.3. The Labute approximate surface area is 229 Å². The molecule has 0 atom stereocenters. The molecule has 4 N–H and O–H groups in total. The van der Waals surface area contributed by atoms with Crippen molar-refractivity contribution >= 4 is 34.3 Å². The van der Waals surface area contributed by atoms with Crippen molar-refractivity contribution in [1.82, 2.24) is 0 Å². The molecule has 0 fully saturated rings. The van der Waals surface area contributed by atoms with Gasteiger partial charge in [-0.2, -0.15) is 13.2 Å². The van der Waals surface area contributed by atoms with Gasteiger partial charge in [0.25, 0.3) is 0 Å². The number of nitrogens with two attached hydrogens (primary N) is 2. The molecular weight excluding hydrogens is 541 g/mol. The van der Waals surface area contributed by atoms with Crippen molar-refractivity contribution in [2.75, 3.05) is 11.5 Å². The first-order valence-corrected chi connectivity index (χ1v) is 11.9. The third kappa shape index (κ3) is 5.88. The molecule has 1 aromatic heterocycles. The summed E-state index contributed by atoms with van der Waals surface area (Å²) in [5.41, 5.74) is 10.8. The Morgan fingerprint density at radius 1 is 0.707 bits per heavy atom. The number of alkyl halides is 3. The van der Waals surface area contributed by atoms with Crippen LogP contribution < -0.4 is 26.4 Å². The number of hydrogen-bond donors (Lipinski definition) is 2. The average molecular weight is 560 g/mol. The van der Waals surface area contributed by atoms with E-state index in [0.29, 0.717) is 17.4 Å². The van der Waals surface area contributed by atoms with Gasteiger partial charge in [-0.1, -0.05) is 0 Å². The van der Waals surface area contributed by atoms with E-state index in [1.54, 1.807) is 0 Å². The van der Waals surface area contributed by atoms with Crippen LogP contribution in [0.5, 0.6) is 11.5 Å². The van der Waals surface area contributed by atoms with E-state index in [1.165, 1.54) is 66.7 Å². The molecule has 0 aliphatic carbocycles. The topological polar surface area (TPSA) is 135 Å². The van der Waals surface area contributed by atoms with Gasteiger partial charge in [-0.25, -0.2) is 9.59 Å². The van der Waals surface area contributed by atoms with Crippen LogP contribution in [0.25, 0.3) is 22.3 Å². The van der Waals surface area contributed by atoms with Gasteiger partial charge >= 0.3 is 18.1 Å². The minimum atomic E-state index is -4.65. The van der Waals surface area contributed by atoms with Crippen LogP contribution in [0, 0.1) is 0 Å². The van der Waals surface area contributed by atoms with E-state index >= 15 is 0 Å². The maximum atomic E-state index is 13.2. The van der Waals surface area contributed by atoms with Crippen molar-refractivity contribution in [1.29, 1.82) is 0 Å². The Bertz CT molecular complexity index is 1850. The Hall–Kier alpha value is -5.58. The Kier molecular flexibility index (Phi) is 6.94. The molecule has 5 aromatic rings. The van der Waals surface area contributed by atoms with Crippen LogP contribution in [-0.2, 0) is 6.18 Å². The standard InChI is InChI=1S/C30H19F3N2O6/c31-30(32,33)18-5-12-25-23(13-18)24(36)15-27(40-25)22-11-10-21(39-28(37)16-1-6-19(34)7-2-16)14-26(22)41-29(38)17-3-8-20(35)9-4-17/h1-15H,34-35H2. The van der Waals surface area contributed by atoms with E-state index in [0.717, 1.165) is 18.2 Å². The second-order valence-electron chi connectivity index (χ2n) is 8.86. The second-order valence-corrected chi connectivity index (χ2v) is 8.86. The number of rotatable bonds is 5. The van der Waals surface area contributed by atoms with Crippen molar-refractivity contribution < 1.29 is 36.7 Å². The number of benzene rings is 4. The third-order valence-corrected chi connectivity index (χ3v) is 5.98. The lowest BCUT2D eigenvalue weighted by molar-refractivity contribution is -0.137. The molecule has 0 radical (unpaired) electrons. The number of esters is 2. The molecule has 1 heterocycles. The molecule has 0 aliphatic rings. The van der Waals surface area contributed by atoms with E-state index in [2.05, 4.69) is 0 Å². The average Bonchev–Trinajstić information content (AvgIpc) is 2.93. The monoisotopic (exact) mass is 560 g/mol. The smallest absolute Gasteiger partial charge is 0.416 e. The van der Waals surface area contributed by atoms with Crippen molar-refractivity contribution in [3.63, 3.8) is 0 Å². The van der Waals surface area contributed by atoms with Crippen molar-refractivity contribution in [3.05, 3.63) is 118 Å². The summed E-state index contributed by atoms with van der Waals surface area (Å²) in [6, 6.07) is 19.4. The summed E-state index contributed by atoms with van der Waals surface area (Å²) in [7, 11) is 0. The van der Waals surface area contributed by atoms with Crippen LogP contribution >= 0.6 is 0 Å². The second kappa shape index (κ2) is 10.5. The van der Waals surface area contributed by atoms with Gasteiger partial charge in [0, 0.05) is 23.5 Å². The molecule has 8 nitrogen and oxygen atoms in total. The lowest BCUT2D eigenvalue weighted by Gasteiger charge is -2.13. The predicted octanol–water partition coefficient (Wildman–Crippen LogP) is 6.08. The minimum Gasteiger partial charge on any atom is -0.456 e. The number of hydrogen-bond acceptors (Lipinski definition) is 8. The molecule has 0 unspecified atom stereocenters. The van der Waals surface area contributed by atoms with Crippen LogP contribution in [-0.4, -0.2) is 11.9 Å². The van der Waals surface area contributed by atoms with Crippen LogP contribution in [0.1, 0.15) is 26.3 Å². The molecule has 41 heavy (non-hydrogen) atoms. The van der Waals surface area contributed by atoms with Gasteiger partial charge < -0.3 is 25.4 Å². The summed E-state index contributed by atoms with van der Waals surface area (Å²) in [5, 5.41) is -0.280. The third-order valence-electron chi connectivity index (χ3n) is 5.98. The van der Waals surface area contributed by atoms with Crippen LogP contribution in [0.2, 0.25) is 0 Å². The fraction of sp³-hybridized carbons (Fsp3) is 0.0333. The van der Waals surface area contributed by atoms with E-state index < -0.39 is 29.1 Å². The quantitative estimate of drug-likeness (QED) is 0.150. The zero-order chi connectivity index (χ0) is 29.3. The summed E-state index contributed by atoms with van der Waals surface area (Å²) in [6.07, 6.45) is -4.65. The van der Waals surface area contributed by atoms with E-state index in [4.69, 9.17) is 25.4 Å². The molecule has 0 amide bonds. The lowest BCUT2D eigenvalue weighted by Crippen LogP contribution is -2.11. The van der Waals surface area contributed by atoms with E-state index in [9.17, 15) is 27.6 Å². The molecular formula is C30H19F3N2O6. The van der Waals surface area contributed by atoms with Crippen molar-refractivity contribution in [2.45, 2.75) is 6.18 Å². The number of fused-ring (bicyclic) bond motifs is 1. The molecule has 0 spiro atoms. The number of halogens is 3. The van der Waals surface area contributed by atoms with Gasteiger partial charge in [0.05, 0.1) is 27.6 Å². The maximum absolute atomic E-state index is 13.2. The van der Waals surface area contributed by atoms with Gasteiger partial charge in [-0.3, -0.25) is 4.79 Å². The summed E-state index contributed by atoms with van der Waals surface area (Å²) in [5.74, 6) is -1.77. The molecule has 4 aromatic carbocycles. The van der Waals surface area contributed by atoms with Gasteiger partial charge in [-0.15, -0.1) is 0 Å². The van der Waals surface area contributed by atoms with Gasteiger partial charge in [0.1, 0.15) is 22.8 Å². The summed E-state index contributed by atoms with van der Waals surface area (Å²) in [6.45, 7) is 0. The highest BCUT2D eigenvalue weighted by Crippen LogP contribution is 2.36. The molecule has 11 heteroatoms. The highest BCUT2D eigenvalue weighted by atomic mass is 19.4. The zero-order valence-corrected chi connectivity index (χ0v) is 20.9. The molecule has 5 rings (SSSR count). The number of nitrogen functional groups attached to an aromatic ring is 2. The lowest BCUT2D eigenvalue weighted by atomic mass is 10.1. The van der Waals surface area contributed by atoms with Crippen molar-refractivity contribution in [2.24, 2.45) is 0 Å². The number of ether oxygens (including phenoxy) is 2. The maximum Gasteiger partial charge on any atom is 0.416 e. The Balaban J connectivity index is 1.56. The fourth-order valence-electron chi connectivity index (χ4n) is 3.88. The molecule has 206 valence electrons. The summed E-state index contributed by atoms with van der Waals surface area (Å²) in [4.78, 5) is 38.4. The SMILES string of the molecule is Nc1ccc(C(=O)Oc2ccc(-c3cc(=O)c4cc(C(F)(F)F)ccc4o3)c(OC(=O)c3ccc(N)cc3)c2)cc1. The largest absolute Gasteiger partial charge is 0.456 e. The first-order valence-electron chi connectivity index (χ1n) is 11.9. The number of anilines is 2. The highest BCUT2D eigenvalue weighted by molar-refractivity contribution is 5.93. The first-order chi connectivity index (χ1) is 19.5. The molecule has 0 saturated heterocycles. The predicted molar refractivity (Wildman–Crippen MR) is 145 cm³/mol. The number of carbonyl (C=O) groups excluding carboxylic acids is 2. The first kappa shape index (κ1) is 27.0. The fourth-order valence-corrected chi connectivity index (χ4v) is 3.88. The molecule has 0 aliphatic heterocycles. The van der Waals surface area contributed by atoms with E-state index in [-0.39, 0.29) is 44.9 Å². The van der Waals surface area contributed by atoms with Crippen LogP contribution in [0.4, 0.5) is 24.5 Å². The number of carbonyl (C=O) groups is 2. The Morgan fingerprint density at radius 3 is 1.88 bits per heavy atom. The Morgan fingerprint density at radius 2 is 1.29 bits per heavy atom. The molecule has 0 bridgehead atoms. The minimum absolute atomic E-state index is 0.00589. The van der Waals surface area contributed by atoms with Crippen LogP contribution in [0.15, 0.2) is 100 Å². The highest BCUT2D eigenvalue weighted by Gasteiger charge is 2.31. The molecule has 0 saturated carbocycles. The van der Waals surface area contributed by atoms with Crippen molar-refractivity contribution in [3.8, 4) is 22.8 Å². The summed E-state index contributed by atoms with van der Waals surface area (Å²) >= 11 is 0. The van der Waals surface area contributed by atoms with E-state index in [1.807, 2.05) is 0 Å². The van der Waals surface area contributed by atoms with Crippen LogP contribution in [0.3, 0.4) is 0 Å². The van der Waals surface area contributed by atoms with Gasteiger partial charge in [-0.05, 0) is 78.9 Å². The summed E-state index contributed by atoms with van der Waals surface area (Å²) < 4.78 is 56.2. The zero-order valence-electron chi connectivity index (χ0n) is 20.9. The van der Waals surface area contributed by atoms with Gasteiger partial charge in [0.2, 0.25) is 0 Å². The van der Waals surface area contributed by atoms with Gasteiger partial charge in [0.15, 0.2) is 5.43 Å².